The van der Waals surface area contributed by atoms with E-state index in [0.717, 1.165) is 31.0 Å². The first-order valence-corrected chi connectivity index (χ1v) is 7.07. The van der Waals surface area contributed by atoms with Crippen molar-refractivity contribution in [1.29, 1.82) is 0 Å². The Morgan fingerprint density at radius 3 is 2.65 bits per heavy atom. The molecule has 2 nitrogen and oxygen atoms in total. The molecule has 0 radical (unpaired) electrons. The fraction of sp³-hybridized carbons (Fsp3) is 0.250. The number of hydrogen-bond donors (Lipinski definition) is 1. The van der Waals surface area contributed by atoms with E-state index in [2.05, 4.69) is 17.1 Å². The van der Waals surface area contributed by atoms with Crippen LogP contribution in [-0.2, 0) is 0 Å². The molecule has 0 saturated heterocycles. The lowest BCUT2D eigenvalue weighted by molar-refractivity contribution is 0.626. The number of nitrogens with one attached hydrogen (secondary N) is 1. The van der Waals surface area contributed by atoms with E-state index in [1.807, 2.05) is 30.3 Å². The van der Waals surface area contributed by atoms with E-state index in [4.69, 9.17) is 11.6 Å². The number of likely N-dealkylation sites (N-methyl/N-ethyl adjacent to an activating group) is 1. The Hall–Kier alpha value is -1.74. The molecule has 2 aromatic rings. The van der Waals surface area contributed by atoms with Gasteiger partial charge in [-0.05, 0) is 37.3 Å². The fourth-order valence-electron chi connectivity index (χ4n) is 2.07. The number of nitrogens with zero attached hydrogens (tertiary/aromatic N) is 1. The molecule has 0 aliphatic rings. The van der Waals surface area contributed by atoms with Crippen LogP contribution in [0.2, 0.25) is 5.02 Å². The zero-order chi connectivity index (χ0) is 14.4. The molecule has 0 amide bonds. The summed E-state index contributed by atoms with van der Waals surface area (Å²) in [6, 6.07) is 14.3. The van der Waals surface area contributed by atoms with Gasteiger partial charge in [-0.15, -0.1) is 0 Å². The number of benzene rings is 2. The molecule has 1 N–H and O–H groups in total. The molecular formula is C16H18ClFN2. The predicted molar refractivity (Wildman–Crippen MR) is 84.2 cm³/mol. The monoisotopic (exact) mass is 292 g/mol. The van der Waals surface area contributed by atoms with Crippen molar-refractivity contribution in [2.24, 2.45) is 0 Å². The molecule has 2 aromatic carbocycles. The number of hydrogen-bond acceptors (Lipinski definition) is 2. The number of para-hydroxylation sites is 1. The van der Waals surface area contributed by atoms with Crippen molar-refractivity contribution < 1.29 is 4.39 Å². The second-order valence-corrected chi connectivity index (χ2v) is 4.87. The van der Waals surface area contributed by atoms with E-state index in [1.165, 1.54) is 6.07 Å². The fourth-order valence-corrected chi connectivity index (χ4v) is 2.28. The molecule has 0 atom stereocenters. The summed E-state index contributed by atoms with van der Waals surface area (Å²) in [4.78, 5) is 2.12. The van der Waals surface area contributed by atoms with Crippen LogP contribution in [0.5, 0.6) is 0 Å². The number of rotatable bonds is 6. The van der Waals surface area contributed by atoms with E-state index in [-0.39, 0.29) is 5.82 Å². The Morgan fingerprint density at radius 2 is 1.95 bits per heavy atom. The van der Waals surface area contributed by atoms with Gasteiger partial charge in [0.2, 0.25) is 0 Å². The lowest BCUT2D eigenvalue weighted by Gasteiger charge is -2.23. The van der Waals surface area contributed by atoms with E-state index < -0.39 is 0 Å². The molecule has 20 heavy (non-hydrogen) atoms. The van der Waals surface area contributed by atoms with Crippen LogP contribution < -0.4 is 10.2 Å². The molecule has 0 heterocycles. The van der Waals surface area contributed by atoms with Gasteiger partial charge in [0.15, 0.2) is 0 Å². The Labute approximate surface area is 124 Å². The third kappa shape index (κ3) is 3.87. The maximum absolute atomic E-state index is 13.2. The first kappa shape index (κ1) is 14.7. The summed E-state index contributed by atoms with van der Waals surface area (Å²) >= 11 is 6.09. The van der Waals surface area contributed by atoms with Gasteiger partial charge in [0.05, 0.1) is 10.7 Å². The first-order chi connectivity index (χ1) is 9.70. The van der Waals surface area contributed by atoms with Gasteiger partial charge in [-0.25, -0.2) is 4.39 Å². The lowest BCUT2D eigenvalue weighted by atomic mass is 10.2. The Bertz CT molecular complexity index is 560. The highest BCUT2D eigenvalue weighted by molar-refractivity contribution is 6.33. The average Bonchev–Trinajstić information content (AvgIpc) is 2.45. The van der Waals surface area contributed by atoms with Crippen LogP contribution in [0, 0.1) is 5.82 Å². The van der Waals surface area contributed by atoms with E-state index in [1.54, 1.807) is 12.1 Å². The van der Waals surface area contributed by atoms with Crippen molar-refractivity contribution in [3.05, 3.63) is 59.4 Å². The summed E-state index contributed by atoms with van der Waals surface area (Å²) in [5.41, 5.74) is 1.82. The quantitative estimate of drug-likeness (QED) is 0.848. The lowest BCUT2D eigenvalue weighted by Crippen LogP contribution is -2.28. The SMILES string of the molecule is CCN(CCNc1ccccc1Cl)c1cccc(F)c1. The maximum Gasteiger partial charge on any atom is 0.125 e. The van der Waals surface area contributed by atoms with Crippen molar-refractivity contribution in [2.75, 3.05) is 29.9 Å². The topological polar surface area (TPSA) is 15.3 Å². The first-order valence-electron chi connectivity index (χ1n) is 6.69. The van der Waals surface area contributed by atoms with Gasteiger partial charge in [0.25, 0.3) is 0 Å². The summed E-state index contributed by atoms with van der Waals surface area (Å²) in [5.74, 6) is -0.208. The molecule has 0 bridgehead atoms. The second kappa shape index (κ2) is 7.15. The minimum absolute atomic E-state index is 0.208. The molecule has 2 rings (SSSR count). The van der Waals surface area contributed by atoms with E-state index in [9.17, 15) is 4.39 Å². The molecule has 0 aliphatic carbocycles. The third-order valence-corrected chi connectivity index (χ3v) is 3.46. The van der Waals surface area contributed by atoms with Crippen molar-refractivity contribution in [1.82, 2.24) is 0 Å². The van der Waals surface area contributed by atoms with E-state index in [0.29, 0.717) is 5.02 Å². The molecule has 0 aliphatic heterocycles. The smallest absolute Gasteiger partial charge is 0.125 e. The zero-order valence-corrected chi connectivity index (χ0v) is 12.2. The van der Waals surface area contributed by atoms with Gasteiger partial charge < -0.3 is 10.2 Å². The zero-order valence-electron chi connectivity index (χ0n) is 11.4. The third-order valence-electron chi connectivity index (χ3n) is 3.13. The van der Waals surface area contributed by atoms with Crippen molar-refractivity contribution in [2.45, 2.75) is 6.92 Å². The summed E-state index contributed by atoms with van der Waals surface area (Å²) in [6.45, 7) is 4.41. The highest BCUT2D eigenvalue weighted by Gasteiger charge is 2.05. The molecule has 0 spiro atoms. The predicted octanol–water partition coefficient (Wildman–Crippen LogP) is 4.42. The van der Waals surface area contributed by atoms with Gasteiger partial charge in [0.1, 0.15) is 5.82 Å². The van der Waals surface area contributed by atoms with Crippen LogP contribution in [-0.4, -0.2) is 19.6 Å². The minimum Gasteiger partial charge on any atom is -0.382 e. The summed E-state index contributed by atoms with van der Waals surface area (Å²) in [5, 5.41) is 4.00. The maximum atomic E-state index is 13.2. The average molecular weight is 293 g/mol. The molecule has 0 saturated carbocycles. The number of anilines is 2. The standard InChI is InChI=1S/C16H18ClFN2/c1-2-20(14-7-5-6-13(18)12-14)11-10-19-16-9-4-3-8-15(16)17/h3-9,12,19H,2,10-11H2,1H3. The Kier molecular flexibility index (Phi) is 5.24. The highest BCUT2D eigenvalue weighted by atomic mass is 35.5. The second-order valence-electron chi connectivity index (χ2n) is 4.47. The molecule has 0 unspecified atom stereocenters. The Morgan fingerprint density at radius 1 is 1.15 bits per heavy atom. The van der Waals surface area contributed by atoms with Crippen LogP contribution in [0.3, 0.4) is 0 Å². The van der Waals surface area contributed by atoms with E-state index >= 15 is 0 Å². The summed E-state index contributed by atoms with van der Waals surface area (Å²) in [6.07, 6.45) is 0. The molecule has 0 aromatic heterocycles. The molecular weight excluding hydrogens is 275 g/mol. The normalized spacial score (nSPS) is 10.3. The highest BCUT2D eigenvalue weighted by Crippen LogP contribution is 2.20. The van der Waals surface area contributed by atoms with Gasteiger partial charge in [-0.2, -0.15) is 0 Å². The summed E-state index contributed by atoms with van der Waals surface area (Å²) < 4.78 is 13.2. The van der Waals surface area contributed by atoms with Crippen LogP contribution in [0.25, 0.3) is 0 Å². The Balaban J connectivity index is 1.93. The van der Waals surface area contributed by atoms with Crippen LogP contribution in [0.1, 0.15) is 6.92 Å². The minimum atomic E-state index is -0.208. The van der Waals surface area contributed by atoms with Gasteiger partial charge in [-0.3, -0.25) is 0 Å². The van der Waals surface area contributed by atoms with Crippen molar-refractivity contribution in [3.8, 4) is 0 Å². The van der Waals surface area contributed by atoms with Crippen LogP contribution in [0.4, 0.5) is 15.8 Å². The van der Waals surface area contributed by atoms with Gasteiger partial charge in [0, 0.05) is 25.3 Å². The van der Waals surface area contributed by atoms with Gasteiger partial charge >= 0.3 is 0 Å². The van der Waals surface area contributed by atoms with Gasteiger partial charge in [-0.1, -0.05) is 29.8 Å². The molecule has 4 heteroatoms. The molecule has 106 valence electrons. The summed E-state index contributed by atoms with van der Waals surface area (Å²) in [7, 11) is 0. The van der Waals surface area contributed by atoms with Crippen LogP contribution >= 0.6 is 11.6 Å². The molecule has 0 fully saturated rings. The van der Waals surface area contributed by atoms with Crippen LogP contribution in [0.15, 0.2) is 48.5 Å². The largest absolute Gasteiger partial charge is 0.382 e. The van der Waals surface area contributed by atoms with Crippen molar-refractivity contribution >= 4 is 23.0 Å². The number of halogens is 2. The van der Waals surface area contributed by atoms with Crippen molar-refractivity contribution in [3.63, 3.8) is 0 Å².